The maximum Gasteiger partial charge on any atom is 0.240 e. The van der Waals surface area contributed by atoms with E-state index >= 15 is 0 Å². The smallest absolute Gasteiger partial charge is 0.240 e. The summed E-state index contributed by atoms with van der Waals surface area (Å²) >= 11 is 0. The molecule has 0 saturated carbocycles. The zero-order chi connectivity index (χ0) is 18.6. The number of rotatable bonds is 5. The molecule has 6 heteroatoms. The van der Waals surface area contributed by atoms with E-state index in [0.717, 1.165) is 16.7 Å². The highest BCUT2D eigenvalue weighted by atomic mass is 32.2. The van der Waals surface area contributed by atoms with Crippen LogP contribution >= 0.6 is 0 Å². The maximum atomic E-state index is 12.0. The van der Waals surface area contributed by atoms with Gasteiger partial charge in [-0.25, -0.2) is 13.8 Å². The Morgan fingerprint density at radius 1 is 1.08 bits per heavy atom. The molecular formula is C20H22N2O3S. The molecule has 136 valence electrons. The van der Waals surface area contributed by atoms with E-state index in [1.807, 2.05) is 49.4 Å². The SMILES string of the molecule is C/C(=N/NC(=O)C[C@H]1CCS(=O)(=O)C1)c1ccc(-c2ccccc2)cc1. The Morgan fingerprint density at radius 2 is 1.73 bits per heavy atom. The molecule has 1 aliphatic rings. The molecule has 1 amide bonds. The van der Waals surface area contributed by atoms with Crippen LogP contribution in [0.25, 0.3) is 11.1 Å². The van der Waals surface area contributed by atoms with Crippen LogP contribution in [0.3, 0.4) is 0 Å². The molecule has 1 N–H and O–H groups in total. The lowest BCUT2D eigenvalue weighted by molar-refractivity contribution is -0.121. The zero-order valence-corrected chi connectivity index (χ0v) is 15.5. The summed E-state index contributed by atoms with van der Waals surface area (Å²) in [5, 5.41) is 4.14. The molecule has 1 heterocycles. The van der Waals surface area contributed by atoms with Crippen LogP contribution in [0, 0.1) is 5.92 Å². The predicted octanol–water partition coefficient (Wildman–Crippen LogP) is 3.02. The van der Waals surface area contributed by atoms with Crippen LogP contribution in [0.4, 0.5) is 0 Å². The molecule has 0 radical (unpaired) electrons. The highest BCUT2D eigenvalue weighted by molar-refractivity contribution is 7.91. The van der Waals surface area contributed by atoms with E-state index < -0.39 is 9.84 Å². The standard InChI is InChI=1S/C20H22N2O3S/c1-15(21-22-20(23)13-16-11-12-26(24,25)14-16)17-7-9-19(10-8-17)18-5-3-2-4-6-18/h2-10,16H,11-14H2,1H3,(H,22,23)/b21-15-/t16-/m1/s1. The van der Waals surface area contributed by atoms with Gasteiger partial charge in [0.1, 0.15) is 0 Å². The first-order valence-corrected chi connectivity index (χ1v) is 10.4. The molecule has 1 fully saturated rings. The fourth-order valence-electron chi connectivity index (χ4n) is 3.09. The van der Waals surface area contributed by atoms with Crippen LogP contribution in [-0.2, 0) is 14.6 Å². The van der Waals surface area contributed by atoms with Gasteiger partial charge in [-0.1, -0.05) is 54.6 Å². The molecule has 0 spiro atoms. The van der Waals surface area contributed by atoms with Crippen molar-refractivity contribution in [1.82, 2.24) is 5.43 Å². The third kappa shape index (κ3) is 4.79. The second-order valence-corrected chi connectivity index (χ2v) is 8.88. The molecule has 3 rings (SSSR count). The second kappa shape index (κ2) is 7.83. The summed E-state index contributed by atoms with van der Waals surface area (Å²) in [4.78, 5) is 12.0. The van der Waals surface area contributed by atoms with Crippen molar-refractivity contribution >= 4 is 21.5 Å². The summed E-state index contributed by atoms with van der Waals surface area (Å²) in [6.07, 6.45) is 0.752. The average Bonchev–Trinajstić information content (AvgIpc) is 2.99. The first-order valence-electron chi connectivity index (χ1n) is 8.62. The molecule has 0 unspecified atom stereocenters. The second-order valence-electron chi connectivity index (χ2n) is 6.65. The van der Waals surface area contributed by atoms with Crippen LogP contribution < -0.4 is 5.43 Å². The lowest BCUT2D eigenvalue weighted by Crippen LogP contribution is -2.22. The summed E-state index contributed by atoms with van der Waals surface area (Å²) in [5.74, 6) is -0.0570. The van der Waals surface area contributed by atoms with Crippen molar-refractivity contribution < 1.29 is 13.2 Å². The van der Waals surface area contributed by atoms with Crippen LogP contribution in [0.1, 0.15) is 25.3 Å². The lowest BCUT2D eigenvalue weighted by Gasteiger charge is -2.07. The lowest BCUT2D eigenvalue weighted by atomic mass is 10.0. The van der Waals surface area contributed by atoms with Gasteiger partial charge in [0.25, 0.3) is 0 Å². The van der Waals surface area contributed by atoms with E-state index in [1.165, 1.54) is 0 Å². The van der Waals surface area contributed by atoms with Gasteiger partial charge < -0.3 is 0 Å². The maximum absolute atomic E-state index is 12.0. The number of amides is 1. The molecular weight excluding hydrogens is 348 g/mol. The molecule has 1 atom stereocenters. The highest BCUT2D eigenvalue weighted by Gasteiger charge is 2.29. The minimum atomic E-state index is -2.96. The number of carbonyl (C=O) groups excluding carboxylic acids is 1. The van der Waals surface area contributed by atoms with E-state index in [9.17, 15) is 13.2 Å². The van der Waals surface area contributed by atoms with Crippen molar-refractivity contribution in [3.63, 3.8) is 0 Å². The molecule has 5 nitrogen and oxygen atoms in total. The number of hydrazone groups is 1. The number of sulfone groups is 1. The predicted molar refractivity (Wildman–Crippen MR) is 104 cm³/mol. The van der Waals surface area contributed by atoms with E-state index in [0.29, 0.717) is 12.1 Å². The van der Waals surface area contributed by atoms with Crippen molar-refractivity contribution in [1.29, 1.82) is 0 Å². The van der Waals surface area contributed by atoms with Gasteiger partial charge in [0.2, 0.25) is 5.91 Å². The Hall–Kier alpha value is -2.47. The molecule has 1 aliphatic heterocycles. The van der Waals surface area contributed by atoms with Crippen molar-refractivity contribution in [3.05, 3.63) is 60.2 Å². The number of hydrogen-bond acceptors (Lipinski definition) is 4. The third-order valence-electron chi connectivity index (χ3n) is 4.56. The Balaban J connectivity index is 1.58. The van der Waals surface area contributed by atoms with Crippen molar-refractivity contribution in [2.45, 2.75) is 19.8 Å². The molecule has 0 bridgehead atoms. The zero-order valence-electron chi connectivity index (χ0n) is 14.7. The summed E-state index contributed by atoms with van der Waals surface area (Å²) < 4.78 is 22.9. The summed E-state index contributed by atoms with van der Waals surface area (Å²) in [6, 6.07) is 18.1. The summed E-state index contributed by atoms with van der Waals surface area (Å²) in [5.41, 5.74) is 6.43. The Labute approximate surface area is 154 Å². The fraction of sp³-hybridized carbons (Fsp3) is 0.300. The number of benzene rings is 2. The monoisotopic (exact) mass is 370 g/mol. The van der Waals surface area contributed by atoms with Gasteiger partial charge in [-0.15, -0.1) is 0 Å². The van der Waals surface area contributed by atoms with Gasteiger partial charge in [-0.05, 0) is 36.0 Å². The van der Waals surface area contributed by atoms with Crippen molar-refractivity contribution in [3.8, 4) is 11.1 Å². The number of hydrogen-bond donors (Lipinski definition) is 1. The quantitative estimate of drug-likeness (QED) is 0.649. The van der Waals surface area contributed by atoms with E-state index in [-0.39, 0.29) is 29.8 Å². The number of nitrogens with one attached hydrogen (secondary N) is 1. The Kier molecular flexibility index (Phi) is 5.52. The van der Waals surface area contributed by atoms with Gasteiger partial charge >= 0.3 is 0 Å². The molecule has 0 aliphatic carbocycles. The van der Waals surface area contributed by atoms with Gasteiger partial charge in [0.15, 0.2) is 9.84 Å². The van der Waals surface area contributed by atoms with Crippen LogP contribution in [0.15, 0.2) is 59.7 Å². The van der Waals surface area contributed by atoms with Crippen molar-refractivity contribution in [2.75, 3.05) is 11.5 Å². The highest BCUT2D eigenvalue weighted by Crippen LogP contribution is 2.21. The minimum absolute atomic E-state index is 0.0966. The largest absolute Gasteiger partial charge is 0.273 e. The van der Waals surface area contributed by atoms with Gasteiger partial charge in [-0.3, -0.25) is 4.79 Å². The summed E-state index contributed by atoms with van der Waals surface area (Å²) in [6.45, 7) is 1.83. The van der Waals surface area contributed by atoms with Crippen molar-refractivity contribution in [2.24, 2.45) is 11.0 Å². The first-order chi connectivity index (χ1) is 12.4. The van der Waals surface area contributed by atoms with E-state index in [1.54, 1.807) is 0 Å². The topological polar surface area (TPSA) is 75.6 Å². The Bertz CT molecular complexity index is 904. The molecule has 2 aromatic rings. The van der Waals surface area contributed by atoms with Gasteiger partial charge in [-0.2, -0.15) is 5.10 Å². The number of carbonyl (C=O) groups is 1. The summed E-state index contributed by atoms with van der Waals surface area (Å²) in [7, 11) is -2.96. The minimum Gasteiger partial charge on any atom is -0.273 e. The number of nitrogens with zero attached hydrogens (tertiary/aromatic N) is 1. The molecule has 0 aromatic heterocycles. The van der Waals surface area contributed by atoms with Crippen LogP contribution in [-0.4, -0.2) is 31.5 Å². The van der Waals surface area contributed by atoms with Crippen LogP contribution in [0.2, 0.25) is 0 Å². The fourth-order valence-corrected chi connectivity index (χ4v) is 4.95. The van der Waals surface area contributed by atoms with Gasteiger partial charge in [0.05, 0.1) is 17.2 Å². The van der Waals surface area contributed by atoms with Gasteiger partial charge in [0, 0.05) is 6.42 Å². The van der Waals surface area contributed by atoms with E-state index in [2.05, 4.69) is 22.7 Å². The van der Waals surface area contributed by atoms with Crippen LogP contribution in [0.5, 0.6) is 0 Å². The molecule has 26 heavy (non-hydrogen) atoms. The molecule has 1 saturated heterocycles. The first kappa shape index (κ1) is 18.3. The normalized spacial score (nSPS) is 19.3. The average molecular weight is 370 g/mol. The Morgan fingerprint density at radius 3 is 2.35 bits per heavy atom. The third-order valence-corrected chi connectivity index (χ3v) is 6.40. The molecule has 2 aromatic carbocycles. The van der Waals surface area contributed by atoms with E-state index in [4.69, 9.17) is 0 Å².